The first-order chi connectivity index (χ1) is 13.1. The number of carbonyl (C=O) groups is 1. The Morgan fingerprint density at radius 1 is 1.22 bits per heavy atom. The topological polar surface area (TPSA) is 68.3 Å². The number of nitrogens with zero attached hydrogens (tertiary/aromatic N) is 6. The predicted molar refractivity (Wildman–Crippen MR) is 101 cm³/mol. The molecule has 2 bridgehead atoms. The lowest BCUT2D eigenvalue weighted by atomic mass is 9.87. The summed E-state index contributed by atoms with van der Waals surface area (Å²) in [5.41, 5.74) is 4.00. The molecule has 2 saturated heterocycles. The van der Waals surface area contributed by atoms with Crippen LogP contribution in [0.1, 0.15) is 37.3 Å². The molecule has 1 amide bonds. The molecule has 0 radical (unpaired) electrons. The molecular formula is C20H22N6O. The molecule has 27 heavy (non-hydrogen) atoms. The second-order valence-electron chi connectivity index (χ2n) is 7.58. The van der Waals surface area contributed by atoms with Gasteiger partial charge in [0.1, 0.15) is 0 Å². The van der Waals surface area contributed by atoms with Crippen molar-refractivity contribution in [2.45, 2.75) is 43.7 Å². The van der Waals surface area contributed by atoms with Crippen LogP contribution in [0, 0.1) is 0 Å². The molecule has 2 fully saturated rings. The molecule has 2 aliphatic rings. The van der Waals surface area contributed by atoms with Gasteiger partial charge in [-0.25, -0.2) is 9.50 Å². The largest absolute Gasteiger partial charge is 0.333 e. The van der Waals surface area contributed by atoms with E-state index in [1.165, 1.54) is 6.08 Å². The van der Waals surface area contributed by atoms with Crippen LogP contribution in [0.25, 0.3) is 16.8 Å². The second-order valence-corrected chi connectivity index (χ2v) is 7.58. The highest BCUT2D eigenvalue weighted by atomic mass is 16.2. The van der Waals surface area contributed by atoms with Crippen molar-refractivity contribution in [2.24, 2.45) is 7.05 Å². The van der Waals surface area contributed by atoms with Crippen LogP contribution in [0.4, 0.5) is 0 Å². The highest BCUT2D eigenvalue weighted by Crippen LogP contribution is 2.43. The molecule has 5 heterocycles. The molecule has 0 saturated carbocycles. The first-order valence-electron chi connectivity index (χ1n) is 9.42. The molecular weight excluding hydrogens is 340 g/mol. The fourth-order valence-corrected chi connectivity index (χ4v) is 4.81. The monoisotopic (exact) mass is 362 g/mol. The van der Waals surface area contributed by atoms with Gasteiger partial charge >= 0.3 is 0 Å². The van der Waals surface area contributed by atoms with Crippen molar-refractivity contribution in [3.05, 3.63) is 49.2 Å². The maximum atomic E-state index is 12.3. The van der Waals surface area contributed by atoms with E-state index in [0.717, 1.165) is 48.2 Å². The Hall–Kier alpha value is -2.96. The van der Waals surface area contributed by atoms with Gasteiger partial charge in [0.15, 0.2) is 0 Å². The standard InChI is InChI=1S/C20H22N6O/c1-3-19(27)26-15-4-5-16(26)9-13(8-15)20-18-6-7-21-25(18)12-17(23-20)14-10-22-24(2)11-14/h3,6-7,10-13,15-16H,1,4-5,8-9H2,2H3. The van der Waals surface area contributed by atoms with Gasteiger partial charge in [-0.15, -0.1) is 0 Å². The van der Waals surface area contributed by atoms with Crippen LogP contribution in [0.5, 0.6) is 0 Å². The molecule has 2 atom stereocenters. The Kier molecular flexibility index (Phi) is 3.63. The Morgan fingerprint density at radius 2 is 2.00 bits per heavy atom. The molecule has 0 spiro atoms. The van der Waals surface area contributed by atoms with Crippen LogP contribution >= 0.6 is 0 Å². The molecule has 5 rings (SSSR count). The lowest BCUT2D eigenvalue weighted by Crippen LogP contribution is -2.45. The molecule has 2 aliphatic heterocycles. The summed E-state index contributed by atoms with van der Waals surface area (Å²) < 4.78 is 3.69. The van der Waals surface area contributed by atoms with E-state index in [0.29, 0.717) is 5.92 Å². The summed E-state index contributed by atoms with van der Waals surface area (Å²) in [6, 6.07) is 2.59. The SMILES string of the molecule is C=CC(=O)N1C2CCC1CC(c1nc(-c3cnn(C)c3)cn3nccc13)C2. The van der Waals surface area contributed by atoms with Crippen molar-refractivity contribution >= 4 is 11.4 Å². The zero-order valence-electron chi connectivity index (χ0n) is 15.3. The summed E-state index contributed by atoms with van der Waals surface area (Å²) in [5.74, 6) is 0.389. The Morgan fingerprint density at radius 3 is 2.67 bits per heavy atom. The van der Waals surface area contributed by atoms with Crippen LogP contribution in [0.3, 0.4) is 0 Å². The lowest BCUT2D eigenvalue weighted by Gasteiger charge is -2.38. The third-order valence-corrected chi connectivity index (χ3v) is 5.97. The third-order valence-electron chi connectivity index (χ3n) is 5.97. The molecule has 0 N–H and O–H groups in total. The van der Waals surface area contributed by atoms with E-state index < -0.39 is 0 Å². The first-order valence-corrected chi connectivity index (χ1v) is 9.42. The molecule has 3 aromatic heterocycles. The molecule has 2 unspecified atom stereocenters. The Bertz CT molecular complexity index is 1020. The second kappa shape index (κ2) is 6.04. The van der Waals surface area contributed by atoms with Crippen LogP contribution in [-0.2, 0) is 11.8 Å². The van der Waals surface area contributed by atoms with E-state index >= 15 is 0 Å². The molecule has 138 valence electrons. The average molecular weight is 362 g/mol. The van der Waals surface area contributed by atoms with Crippen LogP contribution < -0.4 is 0 Å². The minimum Gasteiger partial charge on any atom is -0.333 e. The van der Waals surface area contributed by atoms with E-state index in [-0.39, 0.29) is 18.0 Å². The summed E-state index contributed by atoms with van der Waals surface area (Å²) in [6.45, 7) is 3.67. The van der Waals surface area contributed by atoms with Crippen LogP contribution in [-0.4, -0.2) is 47.3 Å². The third kappa shape index (κ3) is 2.57. The fourth-order valence-electron chi connectivity index (χ4n) is 4.81. The minimum atomic E-state index is 0.0625. The molecule has 0 aliphatic carbocycles. The van der Waals surface area contributed by atoms with Crippen molar-refractivity contribution in [1.29, 1.82) is 0 Å². The van der Waals surface area contributed by atoms with Crippen LogP contribution in [0.15, 0.2) is 43.5 Å². The number of hydrogen-bond acceptors (Lipinski definition) is 4. The van der Waals surface area contributed by atoms with Crippen molar-refractivity contribution in [3.8, 4) is 11.3 Å². The lowest BCUT2D eigenvalue weighted by molar-refractivity contribution is -0.130. The normalized spacial score (nSPS) is 24.5. The van der Waals surface area contributed by atoms with Gasteiger partial charge in [0, 0.05) is 36.8 Å². The fraction of sp³-hybridized carbons (Fsp3) is 0.400. The zero-order valence-corrected chi connectivity index (χ0v) is 15.3. The highest BCUT2D eigenvalue weighted by Gasteiger charge is 2.43. The molecule has 7 heteroatoms. The van der Waals surface area contributed by atoms with Crippen molar-refractivity contribution in [3.63, 3.8) is 0 Å². The Labute approximate surface area is 157 Å². The number of rotatable bonds is 3. The summed E-state index contributed by atoms with van der Waals surface area (Å²) in [6.07, 6.45) is 13.0. The highest BCUT2D eigenvalue weighted by molar-refractivity contribution is 5.88. The average Bonchev–Trinajstić information content (AvgIpc) is 3.38. The van der Waals surface area contributed by atoms with Gasteiger partial charge in [0.2, 0.25) is 5.91 Å². The van der Waals surface area contributed by atoms with Gasteiger partial charge in [-0.1, -0.05) is 6.58 Å². The number of aryl methyl sites for hydroxylation is 1. The Balaban J connectivity index is 1.55. The quantitative estimate of drug-likeness (QED) is 0.672. The number of hydrogen-bond donors (Lipinski definition) is 0. The summed E-state index contributed by atoms with van der Waals surface area (Å²) in [4.78, 5) is 19.3. The molecule has 7 nitrogen and oxygen atoms in total. The summed E-state index contributed by atoms with van der Waals surface area (Å²) >= 11 is 0. The van der Waals surface area contributed by atoms with E-state index in [1.54, 1.807) is 4.68 Å². The van der Waals surface area contributed by atoms with Gasteiger partial charge in [0.05, 0.1) is 35.5 Å². The maximum absolute atomic E-state index is 12.3. The van der Waals surface area contributed by atoms with Gasteiger partial charge in [0.25, 0.3) is 0 Å². The van der Waals surface area contributed by atoms with Gasteiger partial charge in [-0.2, -0.15) is 10.2 Å². The van der Waals surface area contributed by atoms with Gasteiger partial charge < -0.3 is 4.90 Å². The summed E-state index contributed by atoms with van der Waals surface area (Å²) in [7, 11) is 1.90. The smallest absolute Gasteiger partial charge is 0.246 e. The number of fused-ring (bicyclic) bond motifs is 3. The molecule has 0 aromatic carbocycles. The van der Waals surface area contributed by atoms with E-state index in [2.05, 4.69) is 16.8 Å². The molecule has 3 aromatic rings. The number of carbonyl (C=O) groups excluding carboxylic acids is 1. The predicted octanol–water partition coefficient (Wildman–Crippen LogP) is 2.55. The number of aromatic nitrogens is 5. The number of piperidine rings is 1. The number of amides is 1. The summed E-state index contributed by atoms with van der Waals surface area (Å²) in [5, 5.41) is 8.72. The zero-order chi connectivity index (χ0) is 18.5. The van der Waals surface area contributed by atoms with Crippen molar-refractivity contribution < 1.29 is 4.79 Å². The van der Waals surface area contributed by atoms with Crippen molar-refractivity contribution in [1.82, 2.24) is 29.3 Å². The van der Waals surface area contributed by atoms with Gasteiger partial charge in [-0.3, -0.25) is 9.48 Å². The minimum absolute atomic E-state index is 0.0625. The van der Waals surface area contributed by atoms with Crippen molar-refractivity contribution in [2.75, 3.05) is 0 Å². The first kappa shape index (κ1) is 16.2. The van der Waals surface area contributed by atoms with E-state index in [4.69, 9.17) is 4.98 Å². The van der Waals surface area contributed by atoms with E-state index in [1.807, 2.05) is 47.3 Å². The maximum Gasteiger partial charge on any atom is 0.246 e. The van der Waals surface area contributed by atoms with E-state index in [9.17, 15) is 4.79 Å². The van der Waals surface area contributed by atoms with Gasteiger partial charge in [-0.05, 0) is 37.8 Å². The van der Waals surface area contributed by atoms with Crippen LogP contribution in [0.2, 0.25) is 0 Å².